The van der Waals surface area contributed by atoms with Crippen LogP contribution < -0.4 is 14.8 Å². The van der Waals surface area contributed by atoms with Gasteiger partial charge in [-0.05, 0) is 57.4 Å². The van der Waals surface area contributed by atoms with Gasteiger partial charge in [0.15, 0.2) is 0 Å². The molecule has 1 N–H and O–H groups in total. The normalized spacial score (nSPS) is 22.7. The first-order chi connectivity index (χ1) is 11.6. The van der Waals surface area contributed by atoms with Crippen molar-refractivity contribution in [2.45, 2.75) is 51.2 Å². The van der Waals surface area contributed by atoms with E-state index in [0.717, 1.165) is 49.3 Å². The van der Waals surface area contributed by atoms with Gasteiger partial charge in [-0.3, -0.25) is 4.79 Å². The SMILES string of the molecule is COc1ccc(OC)c(CN(C(=O)[C@H]2CCN[C@@H](C)C2)C2CC2)c1.Cl. The molecule has 1 aromatic rings. The molecule has 5 nitrogen and oxygen atoms in total. The number of hydrogen-bond donors (Lipinski definition) is 1. The lowest BCUT2D eigenvalue weighted by atomic mass is 9.91. The summed E-state index contributed by atoms with van der Waals surface area (Å²) in [6.45, 7) is 3.69. The van der Waals surface area contributed by atoms with Crippen molar-refractivity contribution in [3.63, 3.8) is 0 Å². The van der Waals surface area contributed by atoms with Crippen molar-refractivity contribution >= 4 is 18.3 Å². The Kier molecular flexibility index (Phi) is 6.96. The molecule has 1 heterocycles. The number of methoxy groups -OCH3 is 2. The van der Waals surface area contributed by atoms with Crippen molar-refractivity contribution < 1.29 is 14.3 Å². The number of rotatable bonds is 6. The van der Waals surface area contributed by atoms with Crippen molar-refractivity contribution in [2.24, 2.45) is 5.92 Å². The number of nitrogens with one attached hydrogen (secondary N) is 1. The molecule has 1 saturated heterocycles. The molecule has 2 atom stereocenters. The van der Waals surface area contributed by atoms with Crippen LogP contribution in [0.3, 0.4) is 0 Å². The minimum absolute atomic E-state index is 0. The Bertz CT molecular complexity index is 592. The van der Waals surface area contributed by atoms with Crippen LogP contribution in [-0.2, 0) is 11.3 Å². The van der Waals surface area contributed by atoms with Crippen LogP contribution in [0.15, 0.2) is 18.2 Å². The summed E-state index contributed by atoms with van der Waals surface area (Å²) in [5, 5.41) is 3.43. The van der Waals surface area contributed by atoms with Crippen LogP contribution in [0.4, 0.5) is 0 Å². The van der Waals surface area contributed by atoms with Gasteiger partial charge in [-0.1, -0.05) is 0 Å². The monoisotopic (exact) mass is 368 g/mol. The highest BCUT2D eigenvalue weighted by molar-refractivity contribution is 5.85. The quantitative estimate of drug-likeness (QED) is 0.838. The molecule has 1 aliphatic carbocycles. The van der Waals surface area contributed by atoms with E-state index >= 15 is 0 Å². The minimum atomic E-state index is 0. The largest absolute Gasteiger partial charge is 0.497 e. The zero-order valence-corrected chi connectivity index (χ0v) is 16.1. The highest BCUT2D eigenvalue weighted by Crippen LogP contribution is 2.34. The third-order valence-electron chi connectivity index (χ3n) is 5.07. The summed E-state index contributed by atoms with van der Waals surface area (Å²) in [5.41, 5.74) is 1.01. The van der Waals surface area contributed by atoms with Gasteiger partial charge in [0.2, 0.25) is 5.91 Å². The van der Waals surface area contributed by atoms with Crippen molar-refractivity contribution in [3.8, 4) is 11.5 Å². The van der Waals surface area contributed by atoms with E-state index in [4.69, 9.17) is 9.47 Å². The Morgan fingerprint density at radius 1 is 1.24 bits per heavy atom. The average molecular weight is 369 g/mol. The summed E-state index contributed by atoms with van der Waals surface area (Å²) in [5.74, 6) is 2.05. The second kappa shape index (κ2) is 8.77. The lowest BCUT2D eigenvalue weighted by Crippen LogP contribution is -2.44. The van der Waals surface area contributed by atoms with Crippen molar-refractivity contribution in [1.29, 1.82) is 0 Å². The summed E-state index contributed by atoms with van der Waals surface area (Å²) < 4.78 is 10.8. The molecule has 3 rings (SSSR count). The van der Waals surface area contributed by atoms with Crippen molar-refractivity contribution in [2.75, 3.05) is 20.8 Å². The van der Waals surface area contributed by atoms with Crippen LogP contribution in [0.1, 0.15) is 38.2 Å². The molecule has 0 spiro atoms. The third kappa shape index (κ3) is 4.79. The number of hydrogen-bond acceptors (Lipinski definition) is 4. The second-order valence-electron chi connectivity index (χ2n) is 6.95. The molecule has 0 unspecified atom stereocenters. The fourth-order valence-electron chi connectivity index (χ4n) is 3.55. The third-order valence-corrected chi connectivity index (χ3v) is 5.07. The van der Waals surface area contributed by atoms with Gasteiger partial charge in [-0.25, -0.2) is 0 Å². The number of halogens is 1. The van der Waals surface area contributed by atoms with Gasteiger partial charge in [0, 0.05) is 30.1 Å². The summed E-state index contributed by atoms with van der Waals surface area (Å²) in [7, 11) is 3.33. The van der Waals surface area contributed by atoms with E-state index in [1.54, 1.807) is 14.2 Å². The molecule has 1 aromatic carbocycles. The predicted octanol–water partition coefficient (Wildman–Crippen LogP) is 3.00. The maximum absolute atomic E-state index is 13.1. The smallest absolute Gasteiger partial charge is 0.226 e. The van der Waals surface area contributed by atoms with Crippen LogP contribution in [-0.4, -0.2) is 43.7 Å². The molecule has 1 saturated carbocycles. The van der Waals surface area contributed by atoms with Crippen LogP contribution in [0, 0.1) is 5.92 Å². The van der Waals surface area contributed by atoms with Gasteiger partial charge in [0.05, 0.1) is 14.2 Å². The van der Waals surface area contributed by atoms with Gasteiger partial charge in [-0.15, -0.1) is 12.4 Å². The molecule has 0 bridgehead atoms. The van der Waals surface area contributed by atoms with Gasteiger partial charge in [0.25, 0.3) is 0 Å². The molecule has 0 aromatic heterocycles. The minimum Gasteiger partial charge on any atom is -0.497 e. The van der Waals surface area contributed by atoms with E-state index in [1.165, 1.54) is 0 Å². The van der Waals surface area contributed by atoms with Crippen molar-refractivity contribution in [1.82, 2.24) is 10.2 Å². The maximum Gasteiger partial charge on any atom is 0.226 e. The van der Waals surface area contributed by atoms with Crippen LogP contribution in [0.2, 0.25) is 0 Å². The Morgan fingerprint density at radius 2 is 2.00 bits per heavy atom. The number of amides is 1. The Morgan fingerprint density at radius 3 is 2.60 bits per heavy atom. The molecule has 2 aliphatic rings. The standard InChI is InChI=1S/C19H28N2O3.ClH/c1-13-10-14(8-9-20-13)19(22)21(16-4-5-16)12-15-11-17(23-2)6-7-18(15)24-3;/h6-7,11,13-14,16,20H,4-5,8-10,12H2,1-3H3;1H/t13-,14-;/m0./s1. The van der Waals surface area contributed by atoms with E-state index in [2.05, 4.69) is 17.1 Å². The van der Waals surface area contributed by atoms with E-state index in [-0.39, 0.29) is 18.3 Å². The Labute approximate surface area is 156 Å². The van der Waals surface area contributed by atoms with Gasteiger partial charge in [-0.2, -0.15) is 0 Å². The maximum atomic E-state index is 13.1. The lowest BCUT2D eigenvalue weighted by Gasteiger charge is -2.32. The molecular weight excluding hydrogens is 340 g/mol. The average Bonchev–Trinajstić information content (AvgIpc) is 3.43. The summed E-state index contributed by atoms with van der Waals surface area (Å²) in [6, 6.07) is 6.59. The van der Waals surface area contributed by atoms with Gasteiger partial charge >= 0.3 is 0 Å². The highest BCUT2D eigenvalue weighted by atomic mass is 35.5. The summed E-state index contributed by atoms with van der Waals surface area (Å²) in [6.07, 6.45) is 4.08. The fraction of sp³-hybridized carbons (Fsp3) is 0.632. The fourth-order valence-corrected chi connectivity index (χ4v) is 3.55. The second-order valence-corrected chi connectivity index (χ2v) is 6.95. The summed E-state index contributed by atoms with van der Waals surface area (Å²) >= 11 is 0. The topological polar surface area (TPSA) is 50.8 Å². The Hall–Kier alpha value is -1.46. The van der Waals surface area contributed by atoms with Crippen LogP contribution in [0.25, 0.3) is 0 Å². The lowest BCUT2D eigenvalue weighted by molar-refractivity contribution is -0.138. The van der Waals surface area contributed by atoms with Gasteiger partial charge < -0.3 is 19.7 Å². The molecule has 6 heteroatoms. The van der Waals surface area contributed by atoms with E-state index in [0.29, 0.717) is 24.5 Å². The zero-order chi connectivity index (χ0) is 17.1. The molecular formula is C19H29ClN2O3. The molecule has 25 heavy (non-hydrogen) atoms. The number of carbonyl (C=O) groups is 1. The zero-order valence-electron chi connectivity index (χ0n) is 15.3. The number of ether oxygens (including phenoxy) is 2. The highest BCUT2D eigenvalue weighted by Gasteiger charge is 2.37. The first kappa shape index (κ1) is 19.9. The molecule has 2 fully saturated rings. The molecule has 1 amide bonds. The summed E-state index contributed by atoms with van der Waals surface area (Å²) in [4.78, 5) is 15.2. The first-order valence-electron chi connectivity index (χ1n) is 8.87. The molecule has 0 radical (unpaired) electrons. The predicted molar refractivity (Wildman–Crippen MR) is 101 cm³/mol. The molecule has 140 valence electrons. The number of nitrogens with zero attached hydrogens (tertiary/aromatic N) is 1. The van der Waals surface area contributed by atoms with E-state index < -0.39 is 0 Å². The first-order valence-corrected chi connectivity index (χ1v) is 8.87. The van der Waals surface area contributed by atoms with Crippen LogP contribution in [0.5, 0.6) is 11.5 Å². The van der Waals surface area contributed by atoms with Crippen molar-refractivity contribution in [3.05, 3.63) is 23.8 Å². The van der Waals surface area contributed by atoms with E-state index in [9.17, 15) is 4.79 Å². The number of piperidine rings is 1. The molecule has 1 aliphatic heterocycles. The number of carbonyl (C=O) groups excluding carboxylic acids is 1. The number of benzene rings is 1. The van der Waals surface area contributed by atoms with Gasteiger partial charge in [0.1, 0.15) is 11.5 Å². The van der Waals surface area contributed by atoms with E-state index in [1.807, 2.05) is 18.2 Å². The Balaban J connectivity index is 0.00000225. The van der Waals surface area contributed by atoms with Crippen LogP contribution >= 0.6 is 12.4 Å².